The van der Waals surface area contributed by atoms with E-state index in [9.17, 15) is 8.42 Å². The minimum Gasteiger partial charge on any atom is -0.282 e. The van der Waals surface area contributed by atoms with Crippen molar-refractivity contribution in [3.63, 3.8) is 0 Å². The van der Waals surface area contributed by atoms with Crippen LogP contribution in [-0.2, 0) is 10.0 Å². The molecule has 0 unspecified atom stereocenters. The van der Waals surface area contributed by atoms with Crippen molar-refractivity contribution in [3.8, 4) is 0 Å². The third-order valence-corrected chi connectivity index (χ3v) is 3.13. The van der Waals surface area contributed by atoms with E-state index in [-0.39, 0.29) is 0 Å². The summed E-state index contributed by atoms with van der Waals surface area (Å²) >= 11 is 1.71. The van der Waals surface area contributed by atoms with Gasteiger partial charge in [-0.15, -0.1) is 11.8 Å². The molecule has 0 aromatic carbocycles. The number of aliphatic imine (C=N–C) groups is 1. The molecule has 1 heterocycles. The van der Waals surface area contributed by atoms with Crippen molar-refractivity contribution in [2.24, 2.45) is 4.99 Å². The largest absolute Gasteiger partial charge is 0.282 e. The van der Waals surface area contributed by atoms with Crippen LogP contribution in [-0.4, -0.2) is 38.6 Å². The number of nitrogens with one attached hydrogen (secondary N) is 1. The predicted molar refractivity (Wildman–Crippen MR) is 52.2 cm³/mol. The van der Waals surface area contributed by atoms with Crippen LogP contribution in [0.15, 0.2) is 4.99 Å². The first-order chi connectivity index (χ1) is 5.58. The van der Waals surface area contributed by atoms with Gasteiger partial charge in [0.1, 0.15) is 0 Å². The highest BCUT2D eigenvalue weighted by atomic mass is 32.2. The first kappa shape index (κ1) is 10.0. The summed E-state index contributed by atoms with van der Waals surface area (Å²) in [4.78, 5) is 4.20. The molecule has 0 radical (unpaired) electrons. The number of hydrogen-bond acceptors (Lipinski definition) is 4. The molecule has 4 nitrogen and oxygen atoms in total. The van der Waals surface area contributed by atoms with Gasteiger partial charge in [0.05, 0.1) is 11.3 Å². The van der Waals surface area contributed by atoms with Crippen molar-refractivity contribution in [1.29, 1.82) is 0 Å². The average Bonchev–Trinajstić information content (AvgIpc) is 2.36. The van der Waals surface area contributed by atoms with Crippen LogP contribution in [0.1, 0.15) is 6.42 Å². The maximum atomic E-state index is 10.6. The predicted octanol–water partition coefficient (Wildman–Crippen LogP) is 0.0710. The van der Waals surface area contributed by atoms with Gasteiger partial charge < -0.3 is 0 Å². The number of hydrogen-bond donors (Lipinski definition) is 1. The van der Waals surface area contributed by atoms with Crippen molar-refractivity contribution in [2.75, 3.05) is 25.1 Å². The number of sulfonamides is 1. The quantitative estimate of drug-likeness (QED) is 0.711. The van der Waals surface area contributed by atoms with Crippen LogP contribution >= 0.6 is 11.8 Å². The molecule has 70 valence electrons. The number of thioether (sulfide) groups is 1. The van der Waals surface area contributed by atoms with Crippen molar-refractivity contribution >= 4 is 26.8 Å². The van der Waals surface area contributed by atoms with Gasteiger partial charge in [-0.3, -0.25) is 4.99 Å². The zero-order chi connectivity index (χ0) is 9.03. The first-order valence-corrected chi connectivity index (χ1v) is 6.56. The molecule has 12 heavy (non-hydrogen) atoms. The summed E-state index contributed by atoms with van der Waals surface area (Å²) in [5, 5.41) is 1.06. The highest BCUT2D eigenvalue weighted by molar-refractivity contribution is 8.14. The Hall–Kier alpha value is -0.0700. The molecule has 0 saturated carbocycles. The molecule has 0 aromatic rings. The van der Waals surface area contributed by atoms with Gasteiger partial charge in [-0.05, 0) is 0 Å². The van der Waals surface area contributed by atoms with E-state index in [1.165, 1.54) is 0 Å². The lowest BCUT2D eigenvalue weighted by molar-refractivity contribution is 0.589. The summed E-state index contributed by atoms with van der Waals surface area (Å²) in [7, 11) is -3.03. The van der Waals surface area contributed by atoms with Crippen LogP contribution in [0, 0.1) is 0 Å². The Morgan fingerprint density at radius 2 is 2.42 bits per heavy atom. The molecule has 0 fully saturated rings. The van der Waals surface area contributed by atoms with E-state index >= 15 is 0 Å². The first-order valence-electron chi connectivity index (χ1n) is 3.69. The van der Waals surface area contributed by atoms with Crippen molar-refractivity contribution in [3.05, 3.63) is 0 Å². The van der Waals surface area contributed by atoms with E-state index in [2.05, 4.69) is 9.71 Å². The second-order valence-electron chi connectivity index (χ2n) is 2.54. The highest BCUT2D eigenvalue weighted by Crippen LogP contribution is 2.13. The van der Waals surface area contributed by atoms with Gasteiger partial charge in [-0.25, -0.2) is 13.1 Å². The summed E-state index contributed by atoms with van der Waals surface area (Å²) in [6.45, 7) is 1.34. The fourth-order valence-electron chi connectivity index (χ4n) is 0.874. The molecule has 1 aliphatic rings. The molecule has 0 aromatic heterocycles. The summed E-state index contributed by atoms with van der Waals surface area (Å²) in [5.74, 6) is 1.04. The van der Waals surface area contributed by atoms with Crippen LogP contribution in [0.4, 0.5) is 0 Å². The van der Waals surface area contributed by atoms with Crippen LogP contribution in [0.5, 0.6) is 0 Å². The lowest BCUT2D eigenvalue weighted by atomic mass is 10.5. The molecule has 6 heteroatoms. The lowest BCUT2D eigenvalue weighted by Crippen LogP contribution is -2.24. The number of nitrogens with zero attached hydrogens (tertiary/aromatic N) is 1. The Morgan fingerprint density at radius 3 is 2.92 bits per heavy atom. The molecule has 0 amide bonds. The Kier molecular flexibility index (Phi) is 3.54. The van der Waals surface area contributed by atoms with Gasteiger partial charge in [0, 0.05) is 25.3 Å². The SMILES string of the molecule is CS(=O)(=O)NCCC1=NCCS1. The summed E-state index contributed by atoms with van der Waals surface area (Å²) in [6, 6.07) is 0. The van der Waals surface area contributed by atoms with E-state index in [4.69, 9.17) is 0 Å². The third kappa shape index (κ3) is 4.08. The molecule has 1 N–H and O–H groups in total. The molecule has 0 saturated heterocycles. The Labute approximate surface area is 76.9 Å². The summed E-state index contributed by atoms with van der Waals surface area (Å²) in [6.07, 6.45) is 1.88. The van der Waals surface area contributed by atoms with E-state index in [1.54, 1.807) is 11.8 Å². The maximum Gasteiger partial charge on any atom is 0.208 e. The Morgan fingerprint density at radius 1 is 1.67 bits per heavy atom. The molecule has 1 aliphatic heterocycles. The van der Waals surface area contributed by atoms with Crippen LogP contribution in [0.3, 0.4) is 0 Å². The average molecular weight is 208 g/mol. The highest BCUT2D eigenvalue weighted by Gasteiger charge is 2.07. The van der Waals surface area contributed by atoms with E-state index in [0.717, 1.165) is 30.0 Å². The zero-order valence-electron chi connectivity index (χ0n) is 6.91. The van der Waals surface area contributed by atoms with Gasteiger partial charge in [0.2, 0.25) is 10.0 Å². The molecule has 0 aliphatic carbocycles. The standard InChI is InChI=1S/C6H12N2O2S2/c1-12(9,10)8-3-2-6-7-4-5-11-6/h8H,2-5H2,1H3. The monoisotopic (exact) mass is 208 g/mol. The molecule has 0 atom stereocenters. The van der Waals surface area contributed by atoms with E-state index in [1.807, 2.05) is 0 Å². The lowest BCUT2D eigenvalue weighted by Gasteiger charge is -2.00. The van der Waals surface area contributed by atoms with Gasteiger partial charge in [-0.2, -0.15) is 0 Å². The second-order valence-corrected chi connectivity index (χ2v) is 5.54. The number of rotatable bonds is 4. The zero-order valence-corrected chi connectivity index (χ0v) is 8.54. The van der Waals surface area contributed by atoms with Crippen LogP contribution < -0.4 is 4.72 Å². The molecule has 0 spiro atoms. The van der Waals surface area contributed by atoms with Gasteiger partial charge in [0.15, 0.2) is 0 Å². The smallest absolute Gasteiger partial charge is 0.208 e. The van der Waals surface area contributed by atoms with E-state index < -0.39 is 10.0 Å². The van der Waals surface area contributed by atoms with Crippen molar-refractivity contribution in [2.45, 2.75) is 6.42 Å². The minimum atomic E-state index is -3.03. The van der Waals surface area contributed by atoms with Gasteiger partial charge in [-0.1, -0.05) is 0 Å². The minimum absolute atomic E-state index is 0.463. The maximum absolute atomic E-state index is 10.6. The van der Waals surface area contributed by atoms with Crippen LogP contribution in [0.2, 0.25) is 0 Å². The topological polar surface area (TPSA) is 58.5 Å². The molecular formula is C6H12N2O2S2. The Balaban J connectivity index is 2.18. The van der Waals surface area contributed by atoms with Crippen molar-refractivity contribution in [1.82, 2.24) is 4.72 Å². The van der Waals surface area contributed by atoms with Gasteiger partial charge in [0.25, 0.3) is 0 Å². The van der Waals surface area contributed by atoms with E-state index in [0.29, 0.717) is 6.54 Å². The third-order valence-electron chi connectivity index (χ3n) is 1.35. The fourth-order valence-corrected chi connectivity index (χ4v) is 2.19. The van der Waals surface area contributed by atoms with Crippen LogP contribution in [0.25, 0.3) is 0 Å². The molecule has 0 bridgehead atoms. The van der Waals surface area contributed by atoms with Gasteiger partial charge >= 0.3 is 0 Å². The second kappa shape index (κ2) is 4.25. The van der Waals surface area contributed by atoms with Crippen molar-refractivity contribution < 1.29 is 8.42 Å². The Bertz CT molecular complexity index is 271. The fraction of sp³-hybridized carbons (Fsp3) is 0.833. The summed E-state index contributed by atoms with van der Waals surface area (Å²) < 4.78 is 23.7. The summed E-state index contributed by atoms with van der Waals surface area (Å²) in [5.41, 5.74) is 0. The molecular weight excluding hydrogens is 196 g/mol. The normalized spacial score (nSPS) is 17.9. The molecule has 1 rings (SSSR count).